The monoisotopic (exact) mass is 609 g/mol. The Morgan fingerprint density at radius 2 is 2.07 bits per heavy atom. The molecule has 4 heterocycles. The van der Waals surface area contributed by atoms with Gasteiger partial charge in [0.25, 0.3) is 0 Å². The zero-order valence-electron chi connectivity index (χ0n) is 26.3. The number of aliphatic hydroxyl groups is 1. The first-order chi connectivity index (χ1) is 21.5. The molecule has 2 aromatic rings. The standard InChI is InChI=1S/C34H51N5O5/c1-24-30-9-13-39(19-25(30)7-8-32(24)43-22-29-18-35-23-44-29)20-28(40)17-36-33(41)31-15-27(38-26-10-14-42-21-26)16-37-34(31)11-5-3-2-4-6-12-34/h7-8,18,23,26-28,31,37-38,40H,2-6,9-17,19-22H2,1H3,(H,36,41)/t26?,27?,28-,31?/m0/s1. The quantitative estimate of drug-likeness (QED) is 0.322. The van der Waals surface area contributed by atoms with E-state index in [9.17, 15) is 9.90 Å². The Morgan fingerprint density at radius 3 is 2.84 bits per heavy atom. The summed E-state index contributed by atoms with van der Waals surface area (Å²) in [6, 6.07) is 4.78. The van der Waals surface area contributed by atoms with Crippen LogP contribution in [0, 0.1) is 12.8 Å². The van der Waals surface area contributed by atoms with Gasteiger partial charge in [-0.15, -0.1) is 0 Å². The number of aromatic nitrogens is 1. The van der Waals surface area contributed by atoms with Gasteiger partial charge in [-0.1, -0.05) is 38.2 Å². The minimum Gasteiger partial charge on any atom is -0.485 e. The molecule has 44 heavy (non-hydrogen) atoms. The highest BCUT2D eigenvalue weighted by molar-refractivity contribution is 5.80. The number of nitrogens with one attached hydrogen (secondary N) is 3. The summed E-state index contributed by atoms with van der Waals surface area (Å²) < 4.78 is 16.9. The topological polar surface area (TPSA) is 121 Å². The number of benzene rings is 1. The lowest BCUT2D eigenvalue weighted by Gasteiger charge is -2.48. The summed E-state index contributed by atoms with van der Waals surface area (Å²) in [4.78, 5) is 20.1. The minimum absolute atomic E-state index is 0.0868. The maximum absolute atomic E-state index is 13.9. The van der Waals surface area contributed by atoms with Crippen LogP contribution < -0.4 is 20.7 Å². The third-order valence-electron chi connectivity index (χ3n) is 10.4. The number of rotatable bonds is 10. The summed E-state index contributed by atoms with van der Waals surface area (Å²) in [7, 11) is 0. The predicted molar refractivity (Wildman–Crippen MR) is 167 cm³/mol. The van der Waals surface area contributed by atoms with Crippen molar-refractivity contribution in [1.29, 1.82) is 0 Å². The number of hydrogen-bond acceptors (Lipinski definition) is 9. The number of β-amino-alcohol motifs (C(OH)–C–C–N with tert-alkyl or cyclic N) is 1. The highest BCUT2D eigenvalue weighted by Gasteiger charge is 2.46. The first-order valence-corrected chi connectivity index (χ1v) is 16.9. The summed E-state index contributed by atoms with van der Waals surface area (Å²) in [5, 5.41) is 21.9. The normalized spacial score (nSPS) is 26.5. The molecule has 1 amide bonds. The van der Waals surface area contributed by atoms with Crippen molar-refractivity contribution in [2.45, 2.75) is 108 Å². The number of fused-ring (bicyclic) bond motifs is 1. The number of ether oxygens (including phenoxy) is 2. The van der Waals surface area contributed by atoms with Crippen LogP contribution in [0.15, 0.2) is 29.1 Å². The van der Waals surface area contributed by atoms with Crippen molar-refractivity contribution in [2.24, 2.45) is 5.92 Å². The number of carbonyl (C=O) groups excluding carboxylic acids is 1. The first-order valence-electron chi connectivity index (χ1n) is 16.9. The highest BCUT2D eigenvalue weighted by atomic mass is 16.5. The van der Waals surface area contributed by atoms with Gasteiger partial charge in [0.2, 0.25) is 5.91 Å². The lowest BCUT2D eigenvalue weighted by molar-refractivity contribution is -0.130. The number of aliphatic hydroxyl groups excluding tert-OH is 1. The van der Waals surface area contributed by atoms with Gasteiger partial charge >= 0.3 is 0 Å². The summed E-state index contributed by atoms with van der Waals surface area (Å²) in [5.74, 6) is 1.55. The molecule has 1 aromatic heterocycles. The molecule has 3 aliphatic heterocycles. The molecule has 1 aromatic carbocycles. The van der Waals surface area contributed by atoms with E-state index in [-0.39, 0.29) is 30.0 Å². The summed E-state index contributed by atoms with van der Waals surface area (Å²) in [6.45, 7) is 7.37. The van der Waals surface area contributed by atoms with E-state index in [2.05, 4.69) is 38.8 Å². The van der Waals surface area contributed by atoms with Crippen LogP contribution in [0.5, 0.6) is 5.75 Å². The Bertz CT molecular complexity index is 1210. The van der Waals surface area contributed by atoms with Crippen molar-refractivity contribution >= 4 is 5.91 Å². The molecule has 3 unspecified atom stereocenters. The molecule has 1 spiro atoms. The predicted octanol–water partition coefficient (Wildman–Crippen LogP) is 3.24. The number of carbonyl (C=O) groups is 1. The Kier molecular flexibility index (Phi) is 10.5. The molecule has 10 nitrogen and oxygen atoms in total. The largest absolute Gasteiger partial charge is 0.485 e. The fourth-order valence-corrected chi connectivity index (χ4v) is 7.94. The third kappa shape index (κ3) is 7.65. The number of oxazole rings is 1. The van der Waals surface area contributed by atoms with Crippen molar-refractivity contribution in [1.82, 2.24) is 25.8 Å². The number of hydrogen-bond donors (Lipinski definition) is 4. The van der Waals surface area contributed by atoms with Gasteiger partial charge in [-0.05, 0) is 61.8 Å². The Balaban J connectivity index is 1.02. The van der Waals surface area contributed by atoms with E-state index in [1.807, 2.05) is 6.07 Å². The molecule has 4 N–H and O–H groups in total. The maximum atomic E-state index is 13.9. The maximum Gasteiger partial charge on any atom is 0.225 e. The molecule has 3 fully saturated rings. The summed E-state index contributed by atoms with van der Waals surface area (Å²) in [6.07, 6.45) is 13.4. The van der Waals surface area contributed by atoms with E-state index < -0.39 is 6.10 Å². The second kappa shape index (κ2) is 14.7. The van der Waals surface area contributed by atoms with Crippen LogP contribution in [-0.2, 0) is 29.1 Å². The molecule has 10 heteroatoms. The van der Waals surface area contributed by atoms with Gasteiger partial charge in [-0.2, -0.15) is 0 Å². The van der Waals surface area contributed by atoms with E-state index in [1.54, 1.807) is 6.20 Å². The lowest BCUT2D eigenvalue weighted by atomic mass is 9.69. The molecule has 0 bridgehead atoms. The second-order valence-corrected chi connectivity index (χ2v) is 13.5. The minimum atomic E-state index is -0.625. The van der Waals surface area contributed by atoms with Gasteiger partial charge in [-0.3, -0.25) is 9.69 Å². The van der Waals surface area contributed by atoms with Crippen LogP contribution in [0.3, 0.4) is 0 Å². The second-order valence-electron chi connectivity index (χ2n) is 13.5. The molecule has 1 aliphatic carbocycles. The van der Waals surface area contributed by atoms with Crippen molar-refractivity contribution in [3.63, 3.8) is 0 Å². The molecule has 6 rings (SSSR count). The van der Waals surface area contributed by atoms with Crippen LogP contribution in [-0.4, -0.2) is 84.0 Å². The number of amides is 1. The van der Waals surface area contributed by atoms with Crippen molar-refractivity contribution in [2.75, 3.05) is 39.4 Å². The van der Waals surface area contributed by atoms with Gasteiger partial charge in [-0.25, -0.2) is 4.98 Å². The zero-order valence-corrected chi connectivity index (χ0v) is 26.3. The van der Waals surface area contributed by atoms with Gasteiger partial charge in [0.15, 0.2) is 12.2 Å². The Labute approximate surface area is 261 Å². The smallest absolute Gasteiger partial charge is 0.225 e. The van der Waals surface area contributed by atoms with Gasteiger partial charge < -0.3 is 34.9 Å². The summed E-state index contributed by atoms with van der Waals surface area (Å²) >= 11 is 0. The molecular formula is C34H51N5O5. The van der Waals surface area contributed by atoms with Crippen LogP contribution in [0.4, 0.5) is 0 Å². The molecule has 4 atom stereocenters. The van der Waals surface area contributed by atoms with E-state index in [4.69, 9.17) is 13.9 Å². The first kappa shape index (κ1) is 31.5. The van der Waals surface area contributed by atoms with Gasteiger partial charge in [0.1, 0.15) is 12.4 Å². The molecular weight excluding hydrogens is 558 g/mol. The highest BCUT2D eigenvalue weighted by Crippen LogP contribution is 2.38. The Hall–Kier alpha value is -2.50. The SMILES string of the molecule is Cc1c(OCc2cnco2)ccc2c1CCN(C[C@@H](O)CNC(=O)C1CC(NC3CCOC3)CNC13CCCCCCC3)C2. The molecule has 1 saturated carbocycles. The van der Waals surface area contributed by atoms with Gasteiger partial charge in [0.05, 0.1) is 24.8 Å². The summed E-state index contributed by atoms with van der Waals surface area (Å²) in [5.41, 5.74) is 3.60. The average Bonchev–Trinajstić information content (AvgIpc) is 3.73. The van der Waals surface area contributed by atoms with E-state index in [1.165, 1.54) is 49.6 Å². The van der Waals surface area contributed by atoms with Crippen LogP contribution in [0.2, 0.25) is 0 Å². The molecule has 242 valence electrons. The molecule has 0 radical (unpaired) electrons. The van der Waals surface area contributed by atoms with Crippen LogP contribution in [0.1, 0.15) is 80.2 Å². The van der Waals surface area contributed by atoms with E-state index in [0.29, 0.717) is 25.0 Å². The van der Waals surface area contributed by atoms with E-state index >= 15 is 0 Å². The number of nitrogens with zero attached hydrogens (tertiary/aromatic N) is 2. The average molecular weight is 610 g/mol. The number of piperidine rings is 1. The molecule has 4 aliphatic rings. The lowest BCUT2D eigenvalue weighted by Crippen LogP contribution is -2.65. The fourth-order valence-electron chi connectivity index (χ4n) is 7.94. The molecule has 2 saturated heterocycles. The van der Waals surface area contributed by atoms with Crippen LogP contribution in [0.25, 0.3) is 0 Å². The Morgan fingerprint density at radius 1 is 1.23 bits per heavy atom. The van der Waals surface area contributed by atoms with Crippen LogP contribution >= 0.6 is 0 Å². The third-order valence-corrected chi connectivity index (χ3v) is 10.4. The fraction of sp³-hybridized carbons (Fsp3) is 0.706. The van der Waals surface area contributed by atoms with Crippen molar-refractivity contribution in [3.8, 4) is 5.75 Å². The van der Waals surface area contributed by atoms with Crippen molar-refractivity contribution in [3.05, 3.63) is 47.2 Å². The van der Waals surface area contributed by atoms with Crippen molar-refractivity contribution < 1.29 is 23.8 Å². The van der Waals surface area contributed by atoms with E-state index in [0.717, 1.165) is 76.3 Å². The van der Waals surface area contributed by atoms with Gasteiger partial charge in [0, 0.05) is 57.0 Å². The zero-order chi connectivity index (χ0) is 30.4.